The molecular weight excluding hydrogens is 600 g/mol. The summed E-state index contributed by atoms with van der Waals surface area (Å²) >= 11 is 0. The maximum Gasteiger partial charge on any atom is 0.185 e. The van der Waals surface area contributed by atoms with E-state index in [9.17, 15) is 4.79 Å². The first-order valence-electron chi connectivity index (χ1n) is 16.3. The topological polar surface area (TPSA) is 106 Å². The minimum atomic E-state index is -0.0243. The Morgan fingerprint density at radius 2 is 1.06 bits per heavy atom. The second-order valence-electron chi connectivity index (χ2n) is 11.3. The molecule has 7 heteroatoms. The lowest BCUT2D eigenvalue weighted by Gasteiger charge is -2.10. The Hall–Kier alpha value is -5.69. The van der Waals surface area contributed by atoms with Crippen molar-refractivity contribution in [1.82, 2.24) is 0 Å². The fourth-order valence-corrected chi connectivity index (χ4v) is 4.98. The molecule has 0 heterocycles. The van der Waals surface area contributed by atoms with Gasteiger partial charge in [-0.15, -0.1) is 0 Å². The van der Waals surface area contributed by atoms with Gasteiger partial charge >= 0.3 is 0 Å². The SMILES string of the molecule is Nc1ccc(OCCCCCCOc2ccc(-c3ccc(OCCOc4ccc(/C=C/C(=O)c5ccccc5)cc4)cc3)cc2)c(N)c1. The van der Waals surface area contributed by atoms with Crippen molar-refractivity contribution in [3.63, 3.8) is 0 Å². The van der Waals surface area contributed by atoms with Gasteiger partial charge in [0.2, 0.25) is 0 Å². The van der Waals surface area contributed by atoms with E-state index in [1.165, 1.54) is 0 Å². The van der Waals surface area contributed by atoms with E-state index >= 15 is 0 Å². The van der Waals surface area contributed by atoms with Crippen LogP contribution in [0.5, 0.6) is 23.0 Å². The average molecular weight is 643 g/mol. The summed E-state index contributed by atoms with van der Waals surface area (Å²) < 4.78 is 23.4. The zero-order valence-corrected chi connectivity index (χ0v) is 27.1. The van der Waals surface area contributed by atoms with Crippen molar-refractivity contribution < 1.29 is 23.7 Å². The fourth-order valence-electron chi connectivity index (χ4n) is 4.98. The number of carbonyl (C=O) groups excluding carboxylic acids is 1. The second-order valence-corrected chi connectivity index (χ2v) is 11.3. The van der Waals surface area contributed by atoms with E-state index in [-0.39, 0.29) is 5.78 Å². The average Bonchev–Trinajstić information content (AvgIpc) is 3.12. The minimum Gasteiger partial charge on any atom is -0.494 e. The van der Waals surface area contributed by atoms with Crippen molar-refractivity contribution in [2.24, 2.45) is 0 Å². The summed E-state index contributed by atoms with van der Waals surface area (Å²) in [5, 5.41) is 0. The van der Waals surface area contributed by atoms with Gasteiger partial charge in [0.05, 0.1) is 18.9 Å². The van der Waals surface area contributed by atoms with Crippen molar-refractivity contribution >= 4 is 23.2 Å². The Morgan fingerprint density at radius 1 is 0.542 bits per heavy atom. The van der Waals surface area contributed by atoms with Crippen LogP contribution in [0.25, 0.3) is 17.2 Å². The molecule has 0 atom stereocenters. The number of allylic oxidation sites excluding steroid dienone is 1. The number of unbranched alkanes of at least 4 members (excludes halogenated alkanes) is 3. The Balaban J connectivity index is 0.941. The minimum absolute atomic E-state index is 0.0243. The summed E-state index contributed by atoms with van der Waals surface area (Å²) in [6, 6.07) is 38.3. The number of rotatable bonds is 18. The van der Waals surface area contributed by atoms with E-state index in [1.54, 1.807) is 36.4 Å². The van der Waals surface area contributed by atoms with Crippen LogP contribution in [0.15, 0.2) is 127 Å². The quantitative estimate of drug-likeness (QED) is 0.0426. The Labute approximate surface area is 282 Å². The molecule has 0 spiro atoms. The number of hydrogen-bond acceptors (Lipinski definition) is 7. The molecule has 5 aromatic carbocycles. The molecule has 0 aromatic heterocycles. The molecule has 0 saturated heterocycles. The van der Waals surface area contributed by atoms with Crippen molar-refractivity contribution in [2.75, 3.05) is 37.9 Å². The van der Waals surface area contributed by atoms with Crippen LogP contribution in [0.2, 0.25) is 0 Å². The second kappa shape index (κ2) is 17.9. The third-order valence-corrected chi connectivity index (χ3v) is 7.63. The first kappa shape index (κ1) is 33.7. The number of benzene rings is 5. The molecule has 7 nitrogen and oxygen atoms in total. The number of carbonyl (C=O) groups is 1. The molecule has 4 N–H and O–H groups in total. The highest BCUT2D eigenvalue weighted by molar-refractivity contribution is 6.06. The molecule has 5 rings (SSSR count). The van der Waals surface area contributed by atoms with Gasteiger partial charge in [-0.25, -0.2) is 0 Å². The summed E-state index contributed by atoms with van der Waals surface area (Å²) in [5.74, 6) is 3.06. The maximum absolute atomic E-state index is 12.3. The van der Waals surface area contributed by atoms with E-state index in [2.05, 4.69) is 12.1 Å². The monoisotopic (exact) mass is 642 g/mol. The van der Waals surface area contributed by atoms with Gasteiger partial charge in [-0.1, -0.05) is 72.8 Å². The lowest BCUT2D eigenvalue weighted by Crippen LogP contribution is -2.08. The van der Waals surface area contributed by atoms with Crippen LogP contribution in [0.1, 0.15) is 41.6 Å². The van der Waals surface area contributed by atoms with Crippen molar-refractivity contribution in [1.29, 1.82) is 0 Å². The molecule has 0 saturated carbocycles. The van der Waals surface area contributed by atoms with Crippen LogP contribution < -0.4 is 30.4 Å². The van der Waals surface area contributed by atoms with E-state index < -0.39 is 0 Å². The van der Waals surface area contributed by atoms with Gasteiger partial charge in [0, 0.05) is 11.3 Å². The molecule has 48 heavy (non-hydrogen) atoms. The molecule has 0 aliphatic carbocycles. The largest absolute Gasteiger partial charge is 0.494 e. The molecular formula is C41H42N2O5. The first-order chi connectivity index (χ1) is 23.5. The zero-order chi connectivity index (χ0) is 33.4. The molecule has 0 aliphatic rings. The Kier molecular flexibility index (Phi) is 12.5. The van der Waals surface area contributed by atoms with Gasteiger partial charge in [0.15, 0.2) is 5.78 Å². The predicted octanol–water partition coefficient (Wildman–Crippen LogP) is 8.89. The molecule has 0 bridgehead atoms. The molecule has 0 radical (unpaired) electrons. The van der Waals surface area contributed by atoms with Gasteiger partial charge in [-0.2, -0.15) is 0 Å². The van der Waals surface area contributed by atoms with Crippen LogP contribution in [0, 0.1) is 0 Å². The van der Waals surface area contributed by atoms with Crippen molar-refractivity contribution in [3.05, 3.63) is 139 Å². The highest BCUT2D eigenvalue weighted by Gasteiger charge is 2.04. The molecule has 246 valence electrons. The van der Waals surface area contributed by atoms with Gasteiger partial charge in [-0.05, 0) is 103 Å². The van der Waals surface area contributed by atoms with Crippen LogP contribution in [0.3, 0.4) is 0 Å². The summed E-state index contributed by atoms with van der Waals surface area (Å²) in [6.45, 7) is 2.15. The fraction of sp³-hybridized carbons (Fsp3) is 0.195. The number of nitrogen functional groups attached to an aromatic ring is 2. The maximum atomic E-state index is 12.3. The highest BCUT2D eigenvalue weighted by atomic mass is 16.5. The molecule has 0 aliphatic heterocycles. The van der Waals surface area contributed by atoms with Gasteiger partial charge < -0.3 is 30.4 Å². The van der Waals surface area contributed by atoms with Crippen LogP contribution >= 0.6 is 0 Å². The normalized spacial score (nSPS) is 10.9. The van der Waals surface area contributed by atoms with Gasteiger partial charge in [0.25, 0.3) is 0 Å². The third kappa shape index (κ3) is 10.7. The van der Waals surface area contributed by atoms with Crippen LogP contribution in [0.4, 0.5) is 11.4 Å². The summed E-state index contributed by atoms with van der Waals surface area (Å²) in [5.41, 5.74) is 16.7. The number of ketones is 1. The molecule has 0 amide bonds. The van der Waals surface area contributed by atoms with Gasteiger partial charge in [-0.3, -0.25) is 4.79 Å². The van der Waals surface area contributed by atoms with E-state index in [4.69, 9.17) is 30.4 Å². The van der Waals surface area contributed by atoms with E-state index in [0.29, 0.717) is 49.1 Å². The van der Waals surface area contributed by atoms with Crippen molar-refractivity contribution in [2.45, 2.75) is 25.7 Å². The number of hydrogen-bond donors (Lipinski definition) is 2. The molecule has 0 unspecified atom stereocenters. The summed E-state index contributed by atoms with van der Waals surface area (Å²) in [4.78, 5) is 12.3. The zero-order valence-electron chi connectivity index (χ0n) is 27.1. The number of nitrogens with two attached hydrogens (primary N) is 2. The third-order valence-electron chi connectivity index (χ3n) is 7.63. The van der Waals surface area contributed by atoms with E-state index in [1.807, 2.05) is 84.9 Å². The summed E-state index contributed by atoms with van der Waals surface area (Å²) in [7, 11) is 0. The standard InChI is InChI=1S/C41H42N2O5/c42-35-17-25-41(39(43)30-35)48-27-7-2-1-6-26-45-37-20-13-32(14-21-37)33-15-22-38(23-16-33)47-29-28-46-36-18-10-31(11-19-36)12-24-40(44)34-8-4-3-5-9-34/h3-5,8-25,30H,1-2,6-7,26-29,42-43H2/b24-12+. The predicted molar refractivity (Wildman–Crippen MR) is 194 cm³/mol. The van der Waals surface area contributed by atoms with Gasteiger partial charge in [0.1, 0.15) is 36.2 Å². The Bertz CT molecular complexity index is 1740. The lowest BCUT2D eigenvalue weighted by molar-refractivity contribution is 0.104. The van der Waals surface area contributed by atoms with Crippen molar-refractivity contribution in [3.8, 4) is 34.1 Å². The van der Waals surface area contributed by atoms with Crippen LogP contribution in [-0.4, -0.2) is 32.2 Å². The molecule has 5 aromatic rings. The smallest absolute Gasteiger partial charge is 0.185 e. The molecule has 0 fully saturated rings. The number of ether oxygens (including phenoxy) is 4. The summed E-state index contributed by atoms with van der Waals surface area (Å²) in [6.07, 6.45) is 7.48. The van der Waals surface area contributed by atoms with E-state index in [0.717, 1.165) is 59.6 Å². The highest BCUT2D eigenvalue weighted by Crippen LogP contribution is 2.26. The lowest BCUT2D eigenvalue weighted by atomic mass is 10.1. The number of anilines is 2. The first-order valence-corrected chi connectivity index (χ1v) is 16.3. The van der Waals surface area contributed by atoms with Crippen LogP contribution in [-0.2, 0) is 0 Å². The Morgan fingerprint density at radius 3 is 1.62 bits per heavy atom.